The van der Waals surface area contributed by atoms with E-state index in [1.54, 1.807) is 18.2 Å². The van der Waals surface area contributed by atoms with Gasteiger partial charge in [-0.1, -0.05) is 18.2 Å². The summed E-state index contributed by atoms with van der Waals surface area (Å²) in [6, 6.07) is 6.30. The first-order chi connectivity index (χ1) is 9.00. The Morgan fingerprint density at radius 3 is 2.79 bits per heavy atom. The predicted molar refractivity (Wildman–Crippen MR) is 68.6 cm³/mol. The maximum absolute atomic E-state index is 13.4. The molecule has 1 aromatic heterocycles. The first-order valence-electron chi connectivity index (χ1n) is 5.63. The summed E-state index contributed by atoms with van der Waals surface area (Å²) in [7, 11) is -3.40. The number of benzene rings is 1. The molecular weight excluding hydrogens is 271 g/mol. The van der Waals surface area contributed by atoms with Gasteiger partial charge in [-0.25, -0.2) is 22.2 Å². The van der Waals surface area contributed by atoms with Gasteiger partial charge in [0, 0.05) is 5.56 Å². The van der Waals surface area contributed by atoms with Crippen LogP contribution in [-0.4, -0.2) is 28.9 Å². The molecule has 0 fully saturated rings. The van der Waals surface area contributed by atoms with E-state index in [0.717, 1.165) is 0 Å². The summed E-state index contributed by atoms with van der Waals surface area (Å²) in [5.74, 6) is -0.415. The summed E-state index contributed by atoms with van der Waals surface area (Å²) < 4.78 is 39.7. The highest BCUT2D eigenvalue weighted by atomic mass is 32.2. The van der Waals surface area contributed by atoms with Crippen LogP contribution in [0, 0.1) is 5.82 Å². The molecule has 0 radical (unpaired) electrons. The molecule has 102 valence electrons. The second kappa shape index (κ2) is 5.35. The summed E-state index contributed by atoms with van der Waals surface area (Å²) >= 11 is 0. The van der Waals surface area contributed by atoms with Crippen LogP contribution in [0.25, 0.3) is 0 Å². The van der Waals surface area contributed by atoms with Gasteiger partial charge >= 0.3 is 0 Å². The van der Waals surface area contributed by atoms with Gasteiger partial charge in [0.25, 0.3) is 5.95 Å². The zero-order valence-electron chi connectivity index (χ0n) is 10.2. The monoisotopic (exact) mass is 284 g/mol. The lowest BCUT2D eigenvalue weighted by Crippen LogP contribution is -2.16. The van der Waals surface area contributed by atoms with Crippen LogP contribution in [-0.2, 0) is 16.6 Å². The normalized spacial score (nSPS) is 11.5. The fraction of sp³-hybridized carbons (Fsp3) is 0.273. The topological polar surface area (TPSA) is 76.9 Å². The lowest BCUT2D eigenvalue weighted by molar-refractivity contribution is 0.584. The molecule has 1 heterocycles. The van der Waals surface area contributed by atoms with Crippen LogP contribution in [0.3, 0.4) is 0 Å². The number of hydrogen-bond acceptors (Lipinski definition) is 4. The molecule has 8 heteroatoms. The number of aromatic nitrogens is 3. The van der Waals surface area contributed by atoms with Crippen molar-refractivity contribution < 1.29 is 12.8 Å². The number of rotatable bonds is 5. The summed E-state index contributed by atoms with van der Waals surface area (Å²) in [6.45, 7) is 1.70. The predicted octanol–water partition coefficient (Wildman–Crippen LogP) is 1.23. The van der Waals surface area contributed by atoms with Crippen LogP contribution in [0.5, 0.6) is 0 Å². The maximum atomic E-state index is 13.4. The van der Waals surface area contributed by atoms with Gasteiger partial charge in [-0.2, -0.15) is 4.98 Å². The average molecular weight is 284 g/mol. The highest BCUT2D eigenvalue weighted by Gasteiger charge is 2.10. The van der Waals surface area contributed by atoms with E-state index >= 15 is 0 Å². The van der Waals surface area contributed by atoms with Crippen molar-refractivity contribution in [3.8, 4) is 0 Å². The van der Waals surface area contributed by atoms with Crippen molar-refractivity contribution in [2.75, 3.05) is 10.5 Å². The zero-order chi connectivity index (χ0) is 13.9. The van der Waals surface area contributed by atoms with Crippen LogP contribution in [0.4, 0.5) is 10.3 Å². The SMILES string of the molecule is CCS(=O)(=O)Nc1ncn(Cc2ccccc2F)n1. The van der Waals surface area contributed by atoms with E-state index in [0.29, 0.717) is 5.56 Å². The number of anilines is 1. The first kappa shape index (κ1) is 13.5. The molecule has 1 aromatic carbocycles. The molecule has 0 aliphatic carbocycles. The Kier molecular flexibility index (Phi) is 3.79. The van der Waals surface area contributed by atoms with Crippen molar-refractivity contribution in [1.82, 2.24) is 14.8 Å². The third-order valence-corrected chi connectivity index (χ3v) is 3.71. The minimum absolute atomic E-state index is 0.0156. The van der Waals surface area contributed by atoms with E-state index in [4.69, 9.17) is 0 Å². The summed E-state index contributed by atoms with van der Waals surface area (Å²) in [6.07, 6.45) is 1.35. The van der Waals surface area contributed by atoms with Crippen molar-refractivity contribution >= 4 is 16.0 Å². The molecule has 0 aliphatic heterocycles. The van der Waals surface area contributed by atoms with Crippen molar-refractivity contribution in [3.63, 3.8) is 0 Å². The molecule has 1 N–H and O–H groups in total. The average Bonchev–Trinajstić information content (AvgIpc) is 2.79. The minimum atomic E-state index is -3.40. The van der Waals surface area contributed by atoms with Gasteiger partial charge in [0.15, 0.2) is 0 Å². The van der Waals surface area contributed by atoms with Crippen LogP contribution in [0.2, 0.25) is 0 Å². The maximum Gasteiger partial charge on any atom is 0.255 e. The Morgan fingerprint density at radius 1 is 1.37 bits per heavy atom. The molecule has 19 heavy (non-hydrogen) atoms. The Balaban J connectivity index is 2.12. The second-order valence-corrected chi connectivity index (χ2v) is 5.87. The number of nitrogens with one attached hydrogen (secondary N) is 1. The molecule has 0 unspecified atom stereocenters. The molecule has 0 aliphatic rings. The van der Waals surface area contributed by atoms with Gasteiger partial charge < -0.3 is 0 Å². The van der Waals surface area contributed by atoms with Gasteiger partial charge in [-0.05, 0) is 13.0 Å². The van der Waals surface area contributed by atoms with E-state index in [1.165, 1.54) is 24.0 Å². The van der Waals surface area contributed by atoms with Crippen molar-refractivity contribution in [3.05, 3.63) is 42.0 Å². The van der Waals surface area contributed by atoms with E-state index in [1.807, 2.05) is 0 Å². The minimum Gasteiger partial charge on any atom is -0.250 e. The molecule has 0 bridgehead atoms. The standard InChI is InChI=1S/C11H13FN4O2S/c1-2-19(17,18)15-11-13-8-16(14-11)7-9-5-3-4-6-10(9)12/h3-6,8H,2,7H2,1H3,(H,14,15). The van der Waals surface area contributed by atoms with Crippen molar-refractivity contribution in [2.24, 2.45) is 0 Å². The fourth-order valence-electron chi connectivity index (χ4n) is 1.43. The van der Waals surface area contributed by atoms with Gasteiger partial charge in [-0.3, -0.25) is 0 Å². The first-order valence-corrected chi connectivity index (χ1v) is 7.29. The summed E-state index contributed by atoms with van der Waals surface area (Å²) in [4.78, 5) is 3.81. The Bertz CT molecular complexity index is 669. The largest absolute Gasteiger partial charge is 0.255 e. The Hall–Kier alpha value is -1.96. The highest BCUT2D eigenvalue weighted by Crippen LogP contribution is 2.09. The van der Waals surface area contributed by atoms with Crippen LogP contribution in [0.1, 0.15) is 12.5 Å². The number of nitrogens with zero attached hydrogens (tertiary/aromatic N) is 3. The number of sulfonamides is 1. The van der Waals surface area contributed by atoms with E-state index in [2.05, 4.69) is 14.8 Å². The zero-order valence-corrected chi connectivity index (χ0v) is 11.1. The number of hydrogen-bond donors (Lipinski definition) is 1. The highest BCUT2D eigenvalue weighted by molar-refractivity contribution is 7.92. The lowest BCUT2D eigenvalue weighted by Gasteiger charge is -2.02. The summed E-state index contributed by atoms with van der Waals surface area (Å²) in [5, 5.41) is 3.93. The summed E-state index contributed by atoms with van der Waals surface area (Å²) in [5.41, 5.74) is 0.456. The van der Waals surface area contributed by atoms with Crippen molar-refractivity contribution in [1.29, 1.82) is 0 Å². The van der Waals surface area contributed by atoms with Crippen LogP contribution < -0.4 is 4.72 Å². The van der Waals surface area contributed by atoms with E-state index in [-0.39, 0.29) is 24.1 Å². The van der Waals surface area contributed by atoms with Gasteiger partial charge in [-0.15, -0.1) is 5.10 Å². The lowest BCUT2D eigenvalue weighted by atomic mass is 10.2. The molecule has 2 aromatic rings. The molecular formula is C11H13FN4O2S. The van der Waals surface area contributed by atoms with Crippen LogP contribution in [0.15, 0.2) is 30.6 Å². The van der Waals surface area contributed by atoms with Gasteiger partial charge in [0.2, 0.25) is 10.0 Å². The third kappa shape index (κ3) is 3.50. The quantitative estimate of drug-likeness (QED) is 0.895. The fourth-order valence-corrected chi connectivity index (χ4v) is 1.95. The molecule has 0 saturated carbocycles. The van der Waals surface area contributed by atoms with Gasteiger partial charge in [0.1, 0.15) is 12.1 Å². The molecule has 2 rings (SSSR count). The number of halogens is 1. The second-order valence-electron chi connectivity index (χ2n) is 3.86. The molecule has 6 nitrogen and oxygen atoms in total. The Morgan fingerprint density at radius 2 is 2.11 bits per heavy atom. The molecule has 0 spiro atoms. The molecule has 0 amide bonds. The van der Waals surface area contributed by atoms with Crippen molar-refractivity contribution in [2.45, 2.75) is 13.5 Å². The molecule has 0 saturated heterocycles. The Labute approximate surface area is 110 Å². The van der Waals surface area contributed by atoms with Gasteiger partial charge in [0.05, 0.1) is 12.3 Å². The third-order valence-electron chi connectivity index (χ3n) is 2.45. The van der Waals surface area contributed by atoms with E-state index < -0.39 is 10.0 Å². The smallest absolute Gasteiger partial charge is 0.250 e. The van der Waals surface area contributed by atoms with Crippen LogP contribution >= 0.6 is 0 Å². The van der Waals surface area contributed by atoms with E-state index in [9.17, 15) is 12.8 Å². The molecule has 0 atom stereocenters.